The molecule has 1 aliphatic rings. The fourth-order valence-electron chi connectivity index (χ4n) is 3.11. The first kappa shape index (κ1) is 16.9. The molecule has 1 unspecified atom stereocenters. The lowest BCUT2D eigenvalue weighted by Gasteiger charge is -2.49. The molecule has 1 N–H and O–H groups in total. The number of halogens is 3. The van der Waals surface area contributed by atoms with E-state index in [2.05, 4.69) is 31.0 Å². The summed E-state index contributed by atoms with van der Waals surface area (Å²) in [5.74, 6) is -0.394. The quantitative estimate of drug-likeness (QED) is 0.845. The molecule has 21 heavy (non-hydrogen) atoms. The number of piperazine rings is 1. The second-order valence-corrected chi connectivity index (χ2v) is 6.59. The van der Waals surface area contributed by atoms with E-state index in [0.29, 0.717) is 16.1 Å². The molecule has 0 amide bonds. The molecule has 1 saturated heterocycles. The van der Waals surface area contributed by atoms with Crippen molar-refractivity contribution in [1.82, 2.24) is 5.32 Å². The minimum absolute atomic E-state index is 0.0622. The molecule has 5 heteroatoms. The Balaban J connectivity index is 2.43. The van der Waals surface area contributed by atoms with Crippen molar-refractivity contribution < 1.29 is 4.39 Å². The lowest BCUT2D eigenvalue weighted by molar-refractivity contribution is 0.246. The smallest absolute Gasteiger partial charge is 0.126 e. The third-order valence-corrected chi connectivity index (χ3v) is 5.30. The Bertz CT molecular complexity index is 480. The number of hydrogen-bond donors (Lipinski definition) is 1. The summed E-state index contributed by atoms with van der Waals surface area (Å²) in [5.41, 5.74) is 0.826. The van der Waals surface area contributed by atoms with Gasteiger partial charge in [0.1, 0.15) is 5.82 Å². The number of anilines is 1. The van der Waals surface area contributed by atoms with Gasteiger partial charge in [-0.1, -0.05) is 44.0 Å². The van der Waals surface area contributed by atoms with Gasteiger partial charge in [-0.3, -0.25) is 0 Å². The topological polar surface area (TPSA) is 15.3 Å². The minimum Gasteiger partial charge on any atom is -0.363 e. The monoisotopic (exact) mass is 332 g/mol. The Morgan fingerprint density at radius 2 is 1.81 bits per heavy atom. The van der Waals surface area contributed by atoms with E-state index >= 15 is 0 Å². The van der Waals surface area contributed by atoms with Crippen molar-refractivity contribution in [2.45, 2.75) is 51.6 Å². The van der Waals surface area contributed by atoms with Crippen LogP contribution in [0.3, 0.4) is 0 Å². The molecule has 0 aromatic heterocycles. The summed E-state index contributed by atoms with van der Waals surface area (Å²) in [6.07, 6.45) is 3.06. The van der Waals surface area contributed by atoms with E-state index in [4.69, 9.17) is 23.2 Å². The molecule has 118 valence electrons. The Labute approximate surface area is 136 Å². The largest absolute Gasteiger partial charge is 0.363 e. The van der Waals surface area contributed by atoms with Gasteiger partial charge in [-0.15, -0.1) is 0 Å². The fraction of sp³-hybridized carbons (Fsp3) is 0.625. The highest BCUT2D eigenvalue weighted by Gasteiger charge is 2.37. The third kappa shape index (κ3) is 3.30. The summed E-state index contributed by atoms with van der Waals surface area (Å²) in [4.78, 5) is 2.26. The average molecular weight is 333 g/mol. The maximum absolute atomic E-state index is 13.4. The molecule has 2 rings (SSSR count). The van der Waals surface area contributed by atoms with Crippen LogP contribution in [-0.4, -0.2) is 24.7 Å². The van der Waals surface area contributed by atoms with Gasteiger partial charge in [-0.2, -0.15) is 0 Å². The van der Waals surface area contributed by atoms with E-state index in [-0.39, 0.29) is 5.54 Å². The first-order chi connectivity index (χ1) is 9.96. The number of benzene rings is 1. The number of hydrogen-bond acceptors (Lipinski definition) is 2. The summed E-state index contributed by atoms with van der Waals surface area (Å²) < 4.78 is 13.4. The molecule has 1 atom stereocenters. The maximum Gasteiger partial charge on any atom is 0.126 e. The zero-order chi connectivity index (χ0) is 15.6. The Morgan fingerprint density at radius 1 is 1.24 bits per heavy atom. The number of nitrogens with one attached hydrogen (secondary N) is 1. The van der Waals surface area contributed by atoms with Gasteiger partial charge in [-0.05, 0) is 31.4 Å². The summed E-state index contributed by atoms with van der Waals surface area (Å²) in [5, 5.41) is 4.46. The predicted molar refractivity (Wildman–Crippen MR) is 89.2 cm³/mol. The third-order valence-electron chi connectivity index (χ3n) is 4.72. The minimum atomic E-state index is -0.394. The molecule has 1 fully saturated rings. The van der Waals surface area contributed by atoms with Crippen molar-refractivity contribution >= 4 is 28.9 Å². The normalized spacial score (nSPS) is 21.6. The molecule has 1 heterocycles. The molecule has 0 aliphatic carbocycles. The van der Waals surface area contributed by atoms with Gasteiger partial charge >= 0.3 is 0 Å². The molecule has 0 radical (unpaired) electrons. The van der Waals surface area contributed by atoms with Crippen molar-refractivity contribution in [3.05, 3.63) is 28.0 Å². The van der Waals surface area contributed by atoms with Gasteiger partial charge in [0.05, 0.1) is 15.7 Å². The van der Waals surface area contributed by atoms with E-state index in [1.54, 1.807) is 0 Å². The van der Waals surface area contributed by atoms with Crippen LogP contribution in [0.15, 0.2) is 12.1 Å². The zero-order valence-corrected chi connectivity index (χ0v) is 14.4. The van der Waals surface area contributed by atoms with Gasteiger partial charge in [0, 0.05) is 24.7 Å². The summed E-state index contributed by atoms with van der Waals surface area (Å²) in [7, 11) is 0. The van der Waals surface area contributed by atoms with Crippen molar-refractivity contribution in [1.29, 1.82) is 0 Å². The number of rotatable bonds is 4. The van der Waals surface area contributed by atoms with Gasteiger partial charge in [0.25, 0.3) is 0 Å². The molecule has 2 nitrogen and oxygen atoms in total. The van der Waals surface area contributed by atoms with Gasteiger partial charge in [-0.25, -0.2) is 4.39 Å². The van der Waals surface area contributed by atoms with Gasteiger partial charge in [0.2, 0.25) is 0 Å². The first-order valence-electron chi connectivity index (χ1n) is 7.62. The second kappa shape index (κ2) is 6.72. The highest BCUT2D eigenvalue weighted by atomic mass is 35.5. The summed E-state index contributed by atoms with van der Waals surface area (Å²) in [6, 6.07) is 3.01. The van der Waals surface area contributed by atoms with Crippen molar-refractivity contribution in [3.63, 3.8) is 0 Å². The van der Waals surface area contributed by atoms with E-state index in [9.17, 15) is 4.39 Å². The molecule has 1 aliphatic heterocycles. The molecule has 0 spiro atoms. The van der Waals surface area contributed by atoms with Crippen LogP contribution in [0.25, 0.3) is 0 Å². The molecular formula is C16H23Cl2FN2. The molecular weight excluding hydrogens is 310 g/mol. The van der Waals surface area contributed by atoms with Crippen molar-refractivity contribution in [3.8, 4) is 0 Å². The van der Waals surface area contributed by atoms with Crippen LogP contribution >= 0.6 is 23.2 Å². The van der Waals surface area contributed by atoms with Crippen LogP contribution < -0.4 is 10.2 Å². The summed E-state index contributed by atoms with van der Waals surface area (Å²) in [6.45, 7) is 8.25. The molecule has 0 bridgehead atoms. The van der Waals surface area contributed by atoms with Crippen molar-refractivity contribution in [2.75, 3.05) is 18.0 Å². The maximum atomic E-state index is 13.4. The molecule has 1 aromatic rings. The Morgan fingerprint density at radius 3 is 2.29 bits per heavy atom. The van der Waals surface area contributed by atoms with Crippen LogP contribution in [0.2, 0.25) is 10.0 Å². The second-order valence-electron chi connectivity index (χ2n) is 5.78. The van der Waals surface area contributed by atoms with E-state index < -0.39 is 5.82 Å². The highest BCUT2D eigenvalue weighted by Crippen LogP contribution is 2.39. The van der Waals surface area contributed by atoms with Crippen LogP contribution in [-0.2, 0) is 0 Å². The Hall–Kier alpha value is -0.510. The Kier molecular flexibility index (Phi) is 5.39. The van der Waals surface area contributed by atoms with Crippen LogP contribution in [0.5, 0.6) is 0 Å². The van der Waals surface area contributed by atoms with E-state index in [1.807, 2.05) is 0 Å². The lowest BCUT2D eigenvalue weighted by Crippen LogP contribution is -2.64. The zero-order valence-electron chi connectivity index (χ0n) is 12.8. The highest BCUT2D eigenvalue weighted by molar-refractivity contribution is 6.39. The van der Waals surface area contributed by atoms with E-state index in [1.165, 1.54) is 12.1 Å². The summed E-state index contributed by atoms with van der Waals surface area (Å²) >= 11 is 12.6. The average Bonchev–Trinajstić information content (AvgIpc) is 2.46. The van der Waals surface area contributed by atoms with Crippen LogP contribution in [0.4, 0.5) is 10.1 Å². The molecule has 0 saturated carbocycles. The fourth-order valence-corrected chi connectivity index (χ4v) is 3.79. The molecule has 1 aromatic carbocycles. The van der Waals surface area contributed by atoms with E-state index in [0.717, 1.165) is 38.0 Å². The standard InChI is InChI=1S/C16H23Cl2FN2/c1-4-12-9-20-16(5-2,6-3)10-21(12)15-13(17)7-11(19)8-14(15)18/h7-8,12,20H,4-6,9-10H2,1-3H3. The lowest BCUT2D eigenvalue weighted by atomic mass is 9.87. The van der Waals surface area contributed by atoms with Gasteiger partial charge in [0.15, 0.2) is 0 Å². The van der Waals surface area contributed by atoms with Crippen LogP contribution in [0, 0.1) is 5.82 Å². The predicted octanol–water partition coefficient (Wildman–Crippen LogP) is 4.88. The first-order valence-corrected chi connectivity index (χ1v) is 8.38. The van der Waals surface area contributed by atoms with Crippen LogP contribution in [0.1, 0.15) is 40.0 Å². The van der Waals surface area contributed by atoms with Gasteiger partial charge < -0.3 is 10.2 Å². The number of nitrogens with zero attached hydrogens (tertiary/aromatic N) is 1. The SMILES string of the molecule is CCC1CNC(CC)(CC)CN1c1c(Cl)cc(F)cc1Cl. The van der Waals surface area contributed by atoms with Crippen molar-refractivity contribution in [2.24, 2.45) is 0 Å².